The van der Waals surface area contributed by atoms with E-state index in [1.807, 2.05) is 6.20 Å². The van der Waals surface area contributed by atoms with Crippen LogP contribution < -0.4 is 16.0 Å². The van der Waals surface area contributed by atoms with Crippen LogP contribution in [0.15, 0.2) is 35.5 Å². The van der Waals surface area contributed by atoms with Gasteiger partial charge < -0.3 is 16.0 Å². The van der Waals surface area contributed by atoms with Gasteiger partial charge in [0.2, 0.25) is 5.91 Å². The van der Waals surface area contributed by atoms with Crippen LogP contribution in [-0.2, 0) is 17.6 Å². The smallest absolute Gasteiger partial charge is 0.243 e. The van der Waals surface area contributed by atoms with E-state index in [0.717, 1.165) is 17.8 Å². The lowest BCUT2D eigenvalue weighted by atomic mass is 10.3. The number of carbonyl (C=O) groups excluding carboxylic acids is 1. The summed E-state index contributed by atoms with van der Waals surface area (Å²) in [4.78, 5) is 21.6. The Labute approximate surface area is 173 Å². The third kappa shape index (κ3) is 7.65. The predicted octanol–water partition coefficient (Wildman–Crippen LogP) is 2.81. The molecular weight excluding hydrogens is 468 g/mol. The number of carbonyl (C=O) groups is 1. The minimum atomic E-state index is -0.392. The van der Waals surface area contributed by atoms with Gasteiger partial charge in [-0.2, -0.15) is 0 Å². The van der Waals surface area contributed by atoms with Gasteiger partial charge in [-0.1, -0.05) is 13.0 Å². The van der Waals surface area contributed by atoms with Crippen molar-refractivity contribution >= 4 is 52.9 Å². The van der Waals surface area contributed by atoms with E-state index in [4.69, 9.17) is 0 Å². The molecule has 2 aromatic rings. The van der Waals surface area contributed by atoms with Gasteiger partial charge in [-0.3, -0.25) is 9.79 Å². The molecule has 6 nitrogen and oxygen atoms in total. The molecule has 0 saturated carbocycles. The molecule has 142 valence electrons. The molecule has 3 N–H and O–H groups in total. The van der Waals surface area contributed by atoms with Gasteiger partial charge in [0, 0.05) is 36.8 Å². The highest BCUT2D eigenvalue weighted by molar-refractivity contribution is 14.0. The van der Waals surface area contributed by atoms with Gasteiger partial charge in [-0.15, -0.1) is 35.3 Å². The maximum Gasteiger partial charge on any atom is 0.243 e. The molecule has 2 rings (SSSR count). The Bertz CT molecular complexity index is 737. The van der Waals surface area contributed by atoms with Crippen LogP contribution in [0, 0.1) is 5.82 Å². The minimum absolute atomic E-state index is 0. The number of aryl methyl sites for hydroxylation is 1. The second kappa shape index (κ2) is 11.8. The lowest BCUT2D eigenvalue weighted by Gasteiger charge is -2.11. The van der Waals surface area contributed by atoms with Crippen LogP contribution in [0.5, 0.6) is 0 Å². The van der Waals surface area contributed by atoms with E-state index in [-0.39, 0.29) is 36.4 Å². The molecule has 1 amide bonds. The molecule has 0 bridgehead atoms. The fourth-order valence-corrected chi connectivity index (χ4v) is 2.93. The molecule has 1 aromatic carbocycles. The number of nitrogens with zero attached hydrogens (tertiary/aromatic N) is 2. The predicted molar refractivity (Wildman–Crippen MR) is 115 cm³/mol. The van der Waals surface area contributed by atoms with Crippen LogP contribution in [-0.4, -0.2) is 37.0 Å². The van der Waals surface area contributed by atoms with Gasteiger partial charge in [-0.25, -0.2) is 9.37 Å². The fourth-order valence-electron chi connectivity index (χ4n) is 2.07. The Balaban J connectivity index is 0.00000338. The first-order valence-corrected chi connectivity index (χ1v) is 8.86. The summed E-state index contributed by atoms with van der Waals surface area (Å²) in [7, 11) is 1.64. The van der Waals surface area contributed by atoms with Gasteiger partial charge in [0.05, 0.1) is 11.6 Å². The summed E-state index contributed by atoms with van der Waals surface area (Å²) in [5.74, 6) is -0.139. The van der Waals surface area contributed by atoms with Crippen molar-refractivity contribution in [3.05, 3.63) is 46.2 Å². The molecule has 0 atom stereocenters. The van der Waals surface area contributed by atoms with Crippen molar-refractivity contribution in [2.45, 2.75) is 19.8 Å². The average Bonchev–Trinajstić information content (AvgIpc) is 3.06. The molecule has 0 aliphatic heterocycles. The fraction of sp³-hybridized carbons (Fsp3) is 0.353. The van der Waals surface area contributed by atoms with E-state index in [9.17, 15) is 9.18 Å². The normalized spacial score (nSPS) is 10.8. The molecular formula is C17H23FIN5OS. The first-order valence-electron chi connectivity index (χ1n) is 8.04. The molecule has 0 fully saturated rings. The molecule has 0 radical (unpaired) electrons. The van der Waals surface area contributed by atoms with Crippen LogP contribution in [0.3, 0.4) is 0 Å². The van der Waals surface area contributed by atoms with E-state index >= 15 is 0 Å². The number of halogens is 2. The SMILES string of the molecule is CCc1cnc(CCNC(=NC)NCC(=O)Nc2cccc(F)c2)s1.I. The van der Waals surface area contributed by atoms with Crippen molar-refractivity contribution in [2.75, 3.05) is 25.5 Å². The number of aliphatic imine (C=N–C) groups is 1. The molecule has 0 spiro atoms. The van der Waals surface area contributed by atoms with Crippen LogP contribution in [0.1, 0.15) is 16.8 Å². The minimum Gasteiger partial charge on any atom is -0.356 e. The van der Waals surface area contributed by atoms with Crippen molar-refractivity contribution in [1.82, 2.24) is 15.6 Å². The lowest BCUT2D eigenvalue weighted by Crippen LogP contribution is -2.42. The summed E-state index contributed by atoms with van der Waals surface area (Å²) in [6, 6.07) is 5.77. The highest BCUT2D eigenvalue weighted by atomic mass is 127. The quantitative estimate of drug-likeness (QED) is 0.316. The zero-order chi connectivity index (χ0) is 18.1. The number of rotatable bonds is 7. The Hall–Kier alpha value is -1.75. The van der Waals surface area contributed by atoms with Crippen molar-refractivity contribution in [3.63, 3.8) is 0 Å². The van der Waals surface area contributed by atoms with Gasteiger partial charge in [-0.05, 0) is 24.6 Å². The maximum atomic E-state index is 13.1. The van der Waals surface area contributed by atoms with Crippen molar-refractivity contribution in [2.24, 2.45) is 4.99 Å². The van der Waals surface area contributed by atoms with Gasteiger partial charge in [0.25, 0.3) is 0 Å². The molecule has 1 aromatic heterocycles. The molecule has 1 heterocycles. The highest BCUT2D eigenvalue weighted by Gasteiger charge is 2.06. The number of guanidine groups is 1. The first-order chi connectivity index (χ1) is 12.1. The Morgan fingerprint density at radius 2 is 2.15 bits per heavy atom. The number of aromatic nitrogens is 1. The summed E-state index contributed by atoms with van der Waals surface area (Å²) in [5, 5.41) is 9.76. The lowest BCUT2D eigenvalue weighted by molar-refractivity contribution is -0.115. The van der Waals surface area contributed by atoms with Crippen molar-refractivity contribution < 1.29 is 9.18 Å². The standard InChI is InChI=1S/C17H22FN5OS.HI/c1-3-14-10-21-16(25-14)7-8-20-17(19-2)22-11-15(24)23-13-6-4-5-12(18)9-13;/h4-6,9-10H,3,7-8,11H2,1-2H3,(H,23,24)(H2,19,20,22);1H. The van der Waals surface area contributed by atoms with Crippen LogP contribution in [0.4, 0.5) is 10.1 Å². The third-order valence-corrected chi connectivity index (χ3v) is 4.53. The van der Waals surface area contributed by atoms with Gasteiger partial charge in [0.15, 0.2) is 5.96 Å². The summed E-state index contributed by atoms with van der Waals surface area (Å²) in [6.07, 6.45) is 3.69. The van der Waals surface area contributed by atoms with Crippen molar-refractivity contribution in [3.8, 4) is 0 Å². The number of amides is 1. The number of benzene rings is 1. The third-order valence-electron chi connectivity index (χ3n) is 3.33. The van der Waals surface area contributed by atoms with E-state index in [0.29, 0.717) is 18.2 Å². The topological polar surface area (TPSA) is 78.4 Å². The van der Waals surface area contributed by atoms with Crippen LogP contribution in [0.2, 0.25) is 0 Å². The van der Waals surface area contributed by atoms with E-state index in [2.05, 4.69) is 32.9 Å². The summed E-state index contributed by atoms with van der Waals surface area (Å²) in [5.41, 5.74) is 0.422. The Kier molecular flexibility index (Phi) is 10.1. The second-order valence-electron chi connectivity index (χ2n) is 5.23. The summed E-state index contributed by atoms with van der Waals surface area (Å²) in [6.45, 7) is 2.81. The zero-order valence-electron chi connectivity index (χ0n) is 14.7. The van der Waals surface area contributed by atoms with E-state index in [1.165, 1.54) is 17.0 Å². The first kappa shape index (κ1) is 22.3. The van der Waals surface area contributed by atoms with E-state index in [1.54, 1.807) is 30.5 Å². The molecule has 0 unspecified atom stereocenters. The van der Waals surface area contributed by atoms with Gasteiger partial charge in [0.1, 0.15) is 5.82 Å². The molecule has 0 aliphatic rings. The highest BCUT2D eigenvalue weighted by Crippen LogP contribution is 2.13. The van der Waals surface area contributed by atoms with Crippen LogP contribution in [0.25, 0.3) is 0 Å². The summed E-state index contributed by atoms with van der Waals surface area (Å²) >= 11 is 1.71. The maximum absolute atomic E-state index is 13.1. The number of thiazole rings is 1. The average molecular weight is 491 g/mol. The zero-order valence-corrected chi connectivity index (χ0v) is 17.9. The second-order valence-corrected chi connectivity index (χ2v) is 6.43. The number of hydrogen-bond donors (Lipinski definition) is 3. The van der Waals surface area contributed by atoms with Crippen molar-refractivity contribution in [1.29, 1.82) is 0 Å². The largest absolute Gasteiger partial charge is 0.356 e. The molecule has 9 heteroatoms. The molecule has 26 heavy (non-hydrogen) atoms. The van der Waals surface area contributed by atoms with E-state index < -0.39 is 5.82 Å². The monoisotopic (exact) mass is 491 g/mol. The van der Waals surface area contributed by atoms with Gasteiger partial charge >= 0.3 is 0 Å². The molecule has 0 saturated heterocycles. The molecule has 0 aliphatic carbocycles. The number of hydrogen-bond acceptors (Lipinski definition) is 4. The van der Waals surface area contributed by atoms with Crippen LogP contribution >= 0.6 is 35.3 Å². The Morgan fingerprint density at radius 1 is 1.35 bits per heavy atom. The number of anilines is 1. The number of nitrogens with one attached hydrogen (secondary N) is 3. The summed E-state index contributed by atoms with van der Waals surface area (Å²) < 4.78 is 13.1. The Morgan fingerprint density at radius 3 is 2.81 bits per heavy atom.